The van der Waals surface area contributed by atoms with E-state index in [9.17, 15) is 9.59 Å². The van der Waals surface area contributed by atoms with Gasteiger partial charge in [-0.1, -0.05) is 24.3 Å². The Morgan fingerprint density at radius 3 is 2.60 bits per heavy atom. The standard InChI is InChI=1S/C22H23N5O3/c1-14(23-20(28)12-9-16-7-10-19(30-3)11-8-16)22(29)25-18-6-4-5-17(13-18)21-24-15(2)26-27-21/h4-14H,1-3H3,(H,23,28)(H,25,29)(H,24,26,27)/b12-9+. The Balaban J connectivity index is 1.56. The largest absolute Gasteiger partial charge is 0.497 e. The van der Waals surface area contributed by atoms with Crippen LogP contribution in [0.3, 0.4) is 0 Å². The van der Waals surface area contributed by atoms with E-state index >= 15 is 0 Å². The Bertz CT molecular complexity index is 1060. The van der Waals surface area contributed by atoms with E-state index in [1.54, 1.807) is 38.3 Å². The summed E-state index contributed by atoms with van der Waals surface area (Å²) in [6, 6.07) is 13.8. The first kappa shape index (κ1) is 20.8. The van der Waals surface area contributed by atoms with Gasteiger partial charge in [0, 0.05) is 17.3 Å². The van der Waals surface area contributed by atoms with E-state index in [1.807, 2.05) is 37.3 Å². The summed E-state index contributed by atoms with van der Waals surface area (Å²) in [6.45, 7) is 3.44. The van der Waals surface area contributed by atoms with E-state index in [0.29, 0.717) is 17.3 Å². The van der Waals surface area contributed by atoms with Gasteiger partial charge >= 0.3 is 0 Å². The van der Waals surface area contributed by atoms with Gasteiger partial charge in [-0.05, 0) is 49.8 Å². The summed E-state index contributed by atoms with van der Waals surface area (Å²) in [5, 5.41) is 12.3. The van der Waals surface area contributed by atoms with Crippen LogP contribution in [0.25, 0.3) is 17.5 Å². The molecule has 3 N–H and O–H groups in total. The second kappa shape index (κ2) is 9.51. The minimum Gasteiger partial charge on any atom is -0.497 e. The molecule has 1 atom stereocenters. The number of ether oxygens (including phenoxy) is 1. The van der Waals surface area contributed by atoms with Gasteiger partial charge in [-0.25, -0.2) is 4.98 Å². The Hall–Kier alpha value is -3.94. The lowest BCUT2D eigenvalue weighted by atomic mass is 10.2. The molecule has 0 aliphatic heterocycles. The normalized spacial score (nSPS) is 11.8. The Morgan fingerprint density at radius 1 is 1.17 bits per heavy atom. The van der Waals surface area contributed by atoms with Crippen LogP contribution in [0.4, 0.5) is 5.69 Å². The maximum absolute atomic E-state index is 12.4. The summed E-state index contributed by atoms with van der Waals surface area (Å²) in [5.41, 5.74) is 2.22. The number of aromatic amines is 1. The number of H-pyrrole nitrogens is 1. The van der Waals surface area contributed by atoms with Gasteiger partial charge in [0.15, 0.2) is 5.82 Å². The molecule has 30 heavy (non-hydrogen) atoms. The molecular formula is C22H23N5O3. The van der Waals surface area contributed by atoms with Gasteiger partial charge in [-0.3, -0.25) is 14.7 Å². The third-order valence-corrected chi connectivity index (χ3v) is 4.28. The number of aryl methyl sites for hydroxylation is 1. The number of hydrogen-bond acceptors (Lipinski definition) is 5. The topological polar surface area (TPSA) is 109 Å². The number of methoxy groups -OCH3 is 1. The molecule has 0 aliphatic rings. The number of anilines is 1. The zero-order valence-corrected chi connectivity index (χ0v) is 17.0. The van der Waals surface area contributed by atoms with Crippen molar-refractivity contribution in [2.75, 3.05) is 12.4 Å². The summed E-state index contributed by atoms with van der Waals surface area (Å²) in [4.78, 5) is 28.8. The van der Waals surface area contributed by atoms with Crippen LogP contribution in [0.15, 0.2) is 54.6 Å². The minimum absolute atomic E-state index is 0.329. The smallest absolute Gasteiger partial charge is 0.246 e. The molecule has 0 fully saturated rings. The highest BCUT2D eigenvalue weighted by Crippen LogP contribution is 2.19. The number of carbonyl (C=O) groups is 2. The Labute approximate surface area is 174 Å². The number of nitrogens with one attached hydrogen (secondary N) is 3. The molecule has 0 radical (unpaired) electrons. The molecule has 154 valence electrons. The molecule has 0 aliphatic carbocycles. The van der Waals surface area contributed by atoms with E-state index in [2.05, 4.69) is 25.8 Å². The van der Waals surface area contributed by atoms with Crippen LogP contribution in [0.1, 0.15) is 18.3 Å². The summed E-state index contributed by atoms with van der Waals surface area (Å²) in [5.74, 6) is 1.30. The van der Waals surface area contributed by atoms with Gasteiger partial charge in [0.05, 0.1) is 7.11 Å². The fourth-order valence-electron chi connectivity index (χ4n) is 2.67. The summed E-state index contributed by atoms with van der Waals surface area (Å²) < 4.78 is 5.10. The third kappa shape index (κ3) is 5.54. The highest BCUT2D eigenvalue weighted by atomic mass is 16.5. The first-order chi connectivity index (χ1) is 14.4. The first-order valence-electron chi connectivity index (χ1n) is 9.37. The van der Waals surface area contributed by atoms with Crippen LogP contribution in [0.2, 0.25) is 0 Å². The van der Waals surface area contributed by atoms with Crippen LogP contribution >= 0.6 is 0 Å². The number of rotatable bonds is 7. The fraction of sp³-hybridized carbons (Fsp3) is 0.182. The molecule has 3 rings (SSSR count). The van der Waals surface area contributed by atoms with Crippen LogP contribution in [0.5, 0.6) is 5.75 Å². The zero-order chi connectivity index (χ0) is 21.5. The van der Waals surface area contributed by atoms with Crippen LogP contribution in [-0.2, 0) is 9.59 Å². The Morgan fingerprint density at radius 2 is 1.93 bits per heavy atom. The second-order valence-electron chi connectivity index (χ2n) is 6.65. The second-order valence-corrected chi connectivity index (χ2v) is 6.65. The number of carbonyl (C=O) groups excluding carboxylic acids is 2. The van der Waals surface area contributed by atoms with Gasteiger partial charge < -0.3 is 15.4 Å². The molecule has 0 saturated carbocycles. The molecule has 8 nitrogen and oxygen atoms in total. The van der Waals surface area contributed by atoms with Gasteiger partial charge in [0.2, 0.25) is 11.8 Å². The highest BCUT2D eigenvalue weighted by Gasteiger charge is 2.15. The summed E-state index contributed by atoms with van der Waals surface area (Å²) in [7, 11) is 1.59. The maximum Gasteiger partial charge on any atom is 0.246 e. The molecule has 1 heterocycles. The van der Waals surface area contributed by atoms with Crippen LogP contribution in [0, 0.1) is 6.92 Å². The SMILES string of the molecule is COc1ccc(/C=C/C(=O)NC(C)C(=O)Nc2cccc(-c3n[nH]c(C)n3)c2)cc1. The summed E-state index contributed by atoms with van der Waals surface area (Å²) >= 11 is 0. The highest BCUT2D eigenvalue weighted by molar-refractivity contribution is 6.00. The number of aromatic nitrogens is 3. The number of amides is 2. The van der Waals surface area contributed by atoms with Gasteiger partial charge in [0.1, 0.15) is 17.6 Å². The lowest BCUT2D eigenvalue weighted by Crippen LogP contribution is -2.40. The lowest BCUT2D eigenvalue weighted by molar-refractivity contribution is -0.123. The number of hydrogen-bond donors (Lipinski definition) is 3. The van der Waals surface area contributed by atoms with E-state index in [1.165, 1.54) is 6.08 Å². The third-order valence-electron chi connectivity index (χ3n) is 4.28. The average molecular weight is 405 g/mol. The van der Waals surface area contributed by atoms with Crippen molar-refractivity contribution in [2.24, 2.45) is 0 Å². The molecular weight excluding hydrogens is 382 g/mol. The van der Waals surface area contributed by atoms with E-state index < -0.39 is 6.04 Å². The summed E-state index contributed by atoms with van der Waals surface area (Å²) in [6.07, 6.45) is 3.06. The van der Waals surface area contributed by atoms with Crippen molar-refractivity contribution >= 4 is 23.6 Å². The lowest BCUT2D eigenvalue weighted by Gasteiger charge is -2.13. The van der Waals surface area contributed by atoms with E-state index in [4.69, 9.17) is 4.74 Å². The predicted molar refractivity (Wildman–Crippen MR) is 115 cm³/mol. The van der Waals surface area contributed by atoms with Crippen molar-refractivity contribution in [3.8, 4) is 17.1 Å². The van der Waals surface area contributed by atoms with Crippen molar-refractivity contribution in [1.82, 2.24) is 20.5 Å². The number of benzene rings is 2. The Kier molecular flexibility index (Phi) is 6.59. The van der Waals surface area contributed by atoms with Crippen molar-refractivity contribution in [2.45, 2.75) is 19.9 Å². The molecule has 0 spiro atoms. The predicted octanol–water partition coefficient (Wildman–Crippen LogP) is 2.95. The van der Waals surface area contributed by atoms with Gasteiger partial charge in [0.25, 0.3) is 0 Å². The van der Waals surface area contributed by atoms with Crippen LogP contribution in [-0.4, -0.2) is 40.1 Å². The molecule has 1 unspecified atom stereocenters. The molecule has 0 bridgehead atoms. The van der Waals surface area contributed by atoms with Crippen molar-refractivity contribution < 1.29 is 14.3 Å². The van der Waals surface area contributed by atoms with Crippen molar-refractivity contribution in [1.29, 1.82) is 0 Å². The van der Waals surface area contributed by atoms with E-state index in [-0.39, 0.29) is 11.8 Å². The van der Waals surface area contributed by atoms with Crippen molar-refractivity contribution in [3.63, 3.8) is 0 Å². The molecule has 0 saturated heterocycles. The van der Waals surface area contributed by atoms with Gasteiger partial charge in [-0.2, -0.15) is 5.10 Å². The molecule has 8 heteroatoms. The minimum atomic E-state index is -0.715. The zero-order valence-electron chi connectivity index (χ0n) is 17.0. The first-order valence-corrected chi connectivity index (χ1v) is 9.37. The molecule has 2 aromatic carbocycles. The quantitative estimate of drug-likeness (QED) is 0.524. The van der Waals surface area contributed by atoms with Crippen LogP contribution < -0.4 is 15.4 Å². The molecule has 1 aromatic heterocycles. The van der Waals surface area contributed by atoms with Crippen molar-refractivity contribution in [3.05, 3.63) is 66.0 Å². The molecule has 3 aromatic rings. The number of nitrogens with zero attached hydrogens (tertiary/aromatic N) is 2. The maximum atomic E-state index is 12.4. The van der Waals surface area contributed by atoms with E-state index in [0.717, 1.165) is 16.9 Å². The fourth-order valence-corrected chi connectivity index (χ4v) is 2.67. The molecule has 2 amide bonds. The average Bonchev–Trinajstić information content (AvgIpc) is 3.19. The van der Waals surface area contributed by atoms with Gasteiger partial charge in [-0.15, -0.1) is 0 Å². The monoisotopic (exact) mass is 405 g/mol.